The fourth-order valence-corrected chi connectivity index (χ4v) is 1.90. The van der Waals surface area contributed by atoms with Gasteiger partial charge in [0.1, 0.15) is 5.82 Å². The van der Waals surface area contributed by atoms with Gasteiger partial charge in [0, 0.05) is 17.9 Å². The Morgan fingerprint density at radius 1 is 1.38 bits per heavy atom. The molecule has 1 aromatic carbocycles. The number of nitrogens with zero attached hydrogens (tertiary/aromatic N) is 1. The summed E-state index contributed by atoms with van der Waals surface area (Å²) in [6.45, 7) is 6.21. The van der Waals surface area contributed by atoms with E-state index in [9.17, 15) is 4.39 Å². The smallest absolute Gasteiger partial charge is 0.123 e. The van der Waals surface area contributed by atoms with Crippen molar-refractivity contribution in [1.29, 1.82) is 0 Å². The van der Waals surface area contributed by atoms with Crippen molar-refractivity contribution in [2.24, 2.45) is 0 Å². The highest BCUT2D eigenvalue weighted by Gasteiger charge is 2.09. The fraction of sp³-hybridized carbons (Fsp3) is 0.538. The van der Waals surface area contributed by atoms with Crippen LogP contribution in [0.25, 0.3) is 0 Å². The summed E-state index contributed by atoms with van der Waals surface area (Å²) in [5.41, 5.74) is 1.04. The molecule has 0 saturated carbocycles. The molecule has 0 aliphatic carbocycles. The standard InChI is InChI=1S/C13H19BrFN/c1-11(2)16(8-4-7-14)10-12-5-3-6-13(15)9-12/h3,5-6,9,11H,4,7-8,10H2,1-2H3. The fourth-order valence-electron chi connectivity index (χ4n) is 1.65. The van der Waals surface area contributed by atoms with Crippen LogP contribution in [0, 0.1) is 5.82 Å². The third-order valence-electron chi connectivity index (χ3n) is 2.58. The summed E-state index contributed by atoms with van der Waals surface area (Å²) in [5.74, 6) is -0.151. The van der Waals surface area contributed by atoms with Crippen LogP contribution in [-0.2, 0) is 6.54 Å². The lowest BCUT2D eigenvalue weighted by Gasteiger charge is -2.26. The Labute approximate surface area is 106 Å². The van der Waals surface area contributed by atoms with Crippen molar-refractivity contribution in [2.45, 2.75) is 32.9 Å². The van der Waals surface area contributed by atoms with Crippen LogP contribution < -0.4 is 0 Å². The zero-order valence-corrected chi connectivity index (χ0v) is 11.5. The van der Waals surface area contributed by atoms with Crippen molar-refractivity contribution in [3.8, 4) is 0 Å². The molecule has 0 amide bonds. The summed E-state index contributed by atoms with van der Waals surface area (Å²) in [7, 11) is 0. The molecule has 0 bridgehead atoms. The van der Waals surface area contributed by atoms with E-state index in [1.165, 1.54) is 6.07 Å². The Kier molecular flexibility index (Phi) is 5.99. The molecule has 0 atom stereocenters. The maximum Gasteiger partial charge on any atom is 0.123 e. The van der Waals surface area contributed by atoms with E-state index < -0.39 is 0 Å². The lowest BCUT2D eigenvalue weighted by Crippen LogP contribution is -2.31. The minimum atomic E-state index is -0.151. The van der Waals surface area contributed by atoms with E-state index in [1.54, 1.807) is 12.1 Å². The van der Waals surface area contributed by atoms with Crippen molar-refractivity contribution >= 4 is 15.9 Å². The minimum Gasteiger partial charge on any atom is -0.297 e. The number of benzene rings is 1. The number of halogens is 2. The van der Waals surface area contributed by atoms with Gasteiger partial charge >= 0.3 is 0 Å². The molecule has 1 nitrogen and oxygen atoms in total. The Hall–Kier alpha value is -0.410. The van der Waals surface area contributed by atoms with E-state index in [0.29, 0.717) is 6.04 Å². The van der Waals surface area contributed by atoms with E-state index >= 15 is 0 Å². The summed E-state index contributed by atoms with van der Waals surface area (Å²) < 4.78 is 13.0. The molecule has 0 unspecified atom stereocenters. The molecule has 1 rings (SSSR count). The Morgan fingerprint density at radius 2 is 2.12 bits per heavy atom. The molecule has 90 valence electrons. The first-order valence-corrected chi connectivity index (χ1v) is 6.80. The lowest BCUT2D eigenvalue weighted by molar-refractivity contribution is 0.214. The van der Waals surface area contributed by atoms with E-state index in [0.717, 1.165) is 30.4 Å². The van der Waals surface area contributed by atoms with Gasteiger partial charge in [-0.2, -0.15) is 0 Å². The van der Waals surface area contributed by atoms with Crippen LogP contribution in [0.3, 0.4) is 0 Å². The van der Waals surface area contributed by atoms with Gasteiger partial charge in [-0.15, -0.1) is 0 Å². The van der Waals surface area contributed by atoms with Gasteiger partial charge in [-0.1, -0.05) is 28.1 Å². The molecule has 0 radical (unpaired) electrons. The van der Waals surface area contributed by atoms with Gasteiger partial charge in [0.05, 0.1) is 0 Å². The molecule has 0 aromatic heterocycles. The highest BCUT2D eigenvalue weighted by molar-refractivity contribution is 9.09. The highest BCUT2D eigenvalue weighted by atomic mass is 79.9. The van der Waals surface area contributed by atoms with Gasteiger partial charge in [0.2, 0.25) is 0 Å². The summed E-state index contributed by atoms with van der Waals surface area (Å²) in [6.07, 6.45) is 1.12. The SMILES string of the molecule is CC(C)N(CCCBr)Cc1cccc(F)c1. The largest absolute Gasteiger partial charge is 0.297 e. The average Bonchev–Trinajstić information content (AvgIpc) is 2.24. The van der Waals surface area contributed by atoms with E-state index in [1.807, 2.05) is 6.07 Å². The predicted octanol–water partition coefficient (Wildman–Crippen LogP) is 3.82. The van der Waals surface area contributed by atoms with Crippen molar-refractivity contribution in [3.05, 3.63) is 35.6 Å². The van der Waals surface area contributed by atoms with E-state index in [-0.39, 0.29) is 5.82 Å². The molecule has 0 spiro atoms. The number of rotatable bonds is 6. The van der Waals surface area contributed by atoms with Crippen LogP contribution >= 0.6 is 15.9 Å². The van der Waals surface area contributed by atoms with Gasteiger partial charge in [0.25, 0.3) is 0 Å². The summed E-state index contributed by atoms with van der Waals surface area (Å²) in [5, 5.41) is 1.01. The second-order valence-corrected chi connectivity index (χ2v) is 5.03. The quantitative estimate of drug-likeness (QED) is 0.719. The molecule has 0 N–H and O–H groups in total. The summed E-state index contributed by atoms with van der Waals surface area (Å²) in [4.78, 5) is 2.36. The average molecular weight is 288 g/mol. The third-order valence-corrected chi connectivity index (χ3v) is 3.14. The normalized spacial score (nSPS) is 11.4. The van der Waals surface area contributed by atoms with Crippen LogP contribution in [-0.4, -0.2) is 22.8 Å². The van der Waals surface area contributed by atoms with Crippen molar-refractivity contribution in [2.75, 3.05) is 11.9 Å². The van der Waals surface area contributed by atoms with Crippen molar-refractivity contribution in [3.63, 3.8) is 0 Å². The molecule has 0 heterocycles. The zero-order chi connectivity index (χ0) is 12.0. The molecule has 0 saturated heterocycles. The van der Waals surface area contributed by atoms with Crippen LogP contribution in [0.5, 0.6) is 0 Å². The van der Waals surface area contributed by atoms with Gasteiger partial charge in [0.15, 0.2) is 0 Å². The van der Waals surface area contributed by atoms with Gasteiger partial charge in [-0.05, 0) is 44.5 Å². The molecule has 16 heavy (non-hydrogen) atoms. The second kappa shape index (κ2) is 7.02. The molecular weight excluding hydrogens is 269 g/mol. The number of hydrogen-bond acceptors (Lipinski definition) is 1. The predicted molar refractivity (Wildman–Crippen MR) is 70.4 cm³/mol. The molecular formula is C13H19BrFN. The van der Waals surface area contributed by atoms with Gasteiger partial charge in [-0.3, -0.25) is 4.90 Å². The first kappa shape index (κ1) is 13.7. The molecule has 0 aliphatic rings. The zero-order valence-electron chi connectivity index (χ0n) is 9.92. The third kappa shape index (κ3) is 4.62. The maximum atomic E-state index is 13.0. The molecule has 0 aliphatic heterocycles. The number of alkyl halides is 1. The maximum absolute atomic E-state index is 13.0. The first-order valence-electron chi connectivity index (χ1n) is 5.68. The lowest BCUT2D eigenvalue weighted by atomic mass is 10.2. The van der Waals surface area contributed by atoms with Crippen LogP contribution in [0.15, 0.2) is 24.3 Å². The molecule has 3 heteroatoms. The first-order chi connectivity index (χ1) is 7.63. The molecule has 0 fully saturated rings. The van der Waals surface area contributed by atoms with E-state index in [4.69, 9.17) is 0 Å². The van der Waals surface area contributed by atoms with Gasteiger partial charge < -0.3 is 0 Å². The Balaban J connectivity index is 2.60. The topological polar surface area (TPSA) is 3.24 Å². The van der Waals surface area contributed by atoms with E-state index in [2.05, 4.69) is 34.7 Å². The summed E-state index contributed by atoms with van der Waals surface area (Å²) >= 11 is 3.44. The molecule has 1 aromatic rings. The highest BCUT2D eigenvalue weighted by Crippen LogP contribution is 2.10. The number of hydrogen-bond donors (Lipinski definition) is 0. The van der Waals surface area contributed by atoms with Gasteiger partial charge in [-0.25, -0.2) is 4.39 Å². The summed E-state index contributed by atoms with van der Waals surface area (Å²) in [6, 6.07) is 7.34. The Morgan fingerprint density at radius 3 is 2.69 bits per heavy atom. The van der Waals surface area contributed by atoms with Crippen molar-refractivity contribution in [1.82, 2.24) is 4.90 Å². The van der Waals surface area contributed by atoms with Crippen molar-refractivity contribution < 1.29 is 4.39 Å². The second-order valence-electron chi connectivity index (χ2n) is 4.24. The Bertz CT molecular complexity index is 315. The van der Waals surface area contributed by atoms with Crippen LogP contribution in [0.1, 0.15) is 25.8 Å². The minimum absolute atomic E-state index is 0.151. The van der Waals surface area contributed by atoms with Crippen LogP contribution in [0.4, 0.5) is 4.39 Å². The monoisotopic (exact) mass is 287 g/mol. The van der Waals surface area contributed by atoms with Crippen LogP contribution in [0.2, 0.25) is 0 Å².